The number of methoxy groups -OCH3 is 1. The number of rotatable bonds is 7. The number of anilines is 1. The molecule has 0 bridgehead atoms. The van der Waals surface area contributed by atoms with Crippen molar-refractivity contribution >= 4 is 21.6 Å². The summed E-state index contributed by atoms with van der Waals surface area (Å²) in [6.07, 6.45) is 0.500. The maximum Gasteiger partial charge on any atom is 0.268 e. The molecule has 0 unspecified atom stereocenters. The van der Waals surface area contributed by atoms with Crippen molar-refractivity contribution < 1.29 is 22.7 Å². The number of amides is 1. The van der Waals surface area contributed by atoms with Crippen LogP contribution in [-0.2, 0) is 21.2 Å². The average molecular weight is 419 g/mol. The van der Waals surface area contributed by atoms with Gasteiger partial charge in [-0.15, -0.1) is 0 Å². The molecule has 2 aromatic carbocycles. The summed E-state index contributed by atoms with van der Waals surface area (Å²) in [6, 6.07) is 12.0. The van der Waals surface area contributed by atoms with E-state index in [1.165, 1.54) is 18.4 Å². The summed E-state index contributed by atoms with van der Waals surface area (Å²) >= 11 is 0. The van der Waals surface area contributed by atoms with Crippen molar-refractivity contribution in [3.8, 4) is 11.5 Å². The summed E-state index contributed by atoms with van der Waals surface area (Å²) in [5.74, 6) is 1.18. The highest BCUT2D eigenvalue weighted by atomic mass is 32.2. The normalized spacial score (nSPS) is 14.6. The molecular weight excluding hydrogens is 392 g/mol. The second-order valence-corrected chi connectivity index (χ2v) is 9.16. The summed E-state index contributed by atoms with van der Waals surface area (Å²) in [7, 11) is 1.08. The molecule has 3 rings (SSSR count). The van der Waals surface area contributed by atoms with Gasteiger partial charge in [0, 0.05) is 26.3 Å². The van der Waals surface area contributed by atoms with E-state index in [0.717, 1.165) is 11.3 Å². The minimum atomic E-state index is -3.51. The van der Waals surface area contributed by atoms with Crippen LogP contribution in [0.4, 0.5) is 5.69 Å². The van der Waals surface area contributed by atoms with E-state index in [2.05, 4.69) is 0 Å². The van der Waals surface area contributed by atoms with Crippen LogP contribution in [0.5, 0.6) is 11.5 Å². The van der Waals surface area contributed by atoms with E-state index in [-0.39, 0.29) is 10.8 Å². The van der Waals surface area contributed by atoms with Crippen molar-refractivity contribution in [2.75, 3.05) is 32.6 Å². The molecule has 29 heavy (non-hydrogen) atoms. The molecule has 0 aliphatic carbocycles. The SMILES string of the molecule is CC[C@H](Oc1ccc(OC)cc1)C(=O)N1CCc2cc(S(=O)(=O)N(C)C)ccc21. The summed E-state index contributed by atoms with van der Waals surface area (Å²) in [5.41, 5.74) is 1.59. The Labute approximate surface area is 171 Å². The first kappa shape index (κ1) is 21.1. The first-order chi connectivity index (χ1) is 13.8. The van der Waals surface area contributed by atoms with E-state index in [1.807, 2.05) is 6.92 Å². The second-order valence-electron chi connectivity index (χ2n) is 7.01. The number of ether oxygens (including phenoxy) is 2. The summed E-state index contributed by atoms with van der Waals surface area (Å²) in [5, 5.41) is 0. The van der Waals surface area contributed by atoms with Gasteiger partial charge in [-0.3, -0.25) is 4.79 Å². The Morgan fingerprint density at radius 2 is 1.79 bits per heavy atom. The number of benzene rings is 2. The number of hydrogen-bond donors (Lipinski definition) is 0. The predicted molar refractivity (Wildman–Crippen MR) is 111 cm³/mol. The number of nitrogens with zero attached hydrogens (tertiary/aromatic N) is 2. The monoisotopic (exact) mass is 418 g/mol. The van der Waals surface area contributed by atoms with Gasteiger partial charge in [-0.05, 0) is 60.9 Å². The van der Waals surface area contributed by atoms with Gasteiger partial charge in [0.15, 0.2) is 6.10 Å². The lowest BCUT2D eigenvalue weighted by molar-refractivity contribution is -0.125. The minimum Gasteiger partial charge on any atom is -0.497 e. The van der Waals surface area contributed by atoms with Crippen LogP contribution in [0.3, 0.4) is 0 Å². The molecule has 0 radical (unpaired) electrons. The van der Waals surface area contributed by atoms with Gasteiger partial charge in [0.05, 0.1) is 12.0 Å². The molecule has 2 aromatic rings. The Morgan fingerprint density at radius 1 is 1.14 bits per heavy atom. The lowest BCUT2D eigenvalue weighted by Gasteiger charge is -2.24. The zero-order valence-electron chi connectivity index (χ0n) is 17.1. The first-order valence-electron chi connectivity index (χ1n) is 9.45. The average Bonchev–Trinajstić information content (AvgIpc) is 3.15. The van der Waals surface area contributed by atoms with E-state index in [1.54, 1.807) is 54.5 Å². The Kier molecular flexibility index (Phi) is 6.14. The first-order valence-corrected chi connectivity index (χ1v) is 10.9. The maximum atomic E-state index is 13.1. The number of carbonyl (C=O) groups excluding carboxylic acids is 1. The Morgan fingerprint density at radius 3 is 2.38 bits per heavy atom. The zero-order chi connectivity index (χ0) is 21.2. The maximum absolute atomic E-state index is 13.1. The van der Waals surface area contributed by atoms with Gasteiger partial charge >= 0.3 is 0 Å². The molecule has 0 saturated carbocycles. The molecule has 0 N–H and O–H groups in total. The standard InChI is InChI=1S/C21H26N2O5S/c1-5-20(28-17-8-6-16(27-4)7-9-17)21(24)23-13-12-15-14-18(10-11-19(15)23)29(25,26)22(2)3/h6-11,14,20H,5,12-13H2,1-4H3/t20-/m0/s1. The van der Waals surface area contributed by atoms with Crippen LogP contribution in [0.1, 0.15) is 18.9 Å². The fraction of sp³-hybridized carbons (Fsp3) is 0.381. The van der Waals surface area contributed by atoms with E-state index in [9.17, 15) is 13.2 Å². The third-order valence-electron chi connectivity index (χ3n) is 4.98. The summed E-state index contributed by atoms with van der Waals surface area (Å²) in [6.45, 7) is 2.40. The van der Waals surface area contributed by atoms with Crippen molar-refractivity contribution in [2.24, 2.45) is 0 Å². The quantitative estimate of drug-likeness (QED) is 0.691. The molecule has 0 aromatic heterocycles. The van der Waals surface area contributed by atoms with E-state index in [4.69, 9.17) is 9.47 Å². The van der Waals surface area contributed by atoms with E-state index in [0.29, 0.717) is 30.9 Å². The Bertz CT molecular complexity index is 987. The minimum absolute atomic E-state index is 0.134. The number of fused-ring (bicyclic) bond motifs is 1. The largest absolute Gasteiger partial charge is 0.497 e. The number of carbonyl (C=O) groups is 1. The molecule has 1 aliphatic rings. The lowest BCUT2D eigenvalue weighted by Crippen LogP contribution is -2.41. The predicted octanol–water partition coefficient (Wildman–Crippen LogP) is 2.69. The molecule has 1 aliphatic heterocycles. The second kappa shape index (κ2) is 8.42. The van der Waals surface area contributed by atoms with Crippen LogP contribution < -0.4 is 14.4 Å². The van der Waals surface area contributed by atoms with Crippen LogP contribution >= 0.6 is 0 Å². The fourth-order valence-electron chi connectivity index (χ4n) is 3.28. The van der Waals surface area contributed by atoms with Crippen molar-refractivity contribution in [1.82, 2.24) is 4.31 Å². The van der Waals surface area contributed by atoms with E-state index < -0.39 is 16.1 Å². The molecule has 0 spiro atoms. The van der Waals surface area contributed by atoms with Gasteiger partial charge in [0.1, 0.15) is 11.5 Å². The molecule has 8 heteroatoms. The van der Waals surface area contributed by atoms with Crippen LogP contribution in [0.25, 0.3) is 0 Å². The molecule has 7 nitrogen and oxygen atoms in total. The van der Waals surface area contributed by atoms with Crippen molar-refractivity contribution in [2.45, 2.75) is 30.8 Å². The van der Waals surface area contributed by atoms with Gasteiger partial charge in [-0.1, -0.05) is 6.92 Å². The highest BCUT2D eigenvalue weighted by molar-refractivity contribution is 7.89. The molecule has 1 amide bonds. The third-order valence-corrected chi connectivity index (χ3v) is 6.79. The van der Waals surface area contributed by atoms with Crippen molar-refractivity contribution in [3.05, 3.63) is 48.0 Å². The van der Waals surface area contributed by atoms with Gasteiger partial charge < -0.3 is 14.4 Å². The topological polar surface area (TPSA) is 76.1 Å². The van der Waals surface area contributed by atoms with Gasteiger partial charge in [-0.2, -0.15) is 0 Å². The summed E-state index contributed by atoms with van der Waals surface area (Å²) < 4.78 is 37.0. The summed E-state index contributed by atoms with van der Waals surface area (Å²) in [4.78, 5) is 15.0. The molecule has 0 saturated heterocycles. The van der Waals surface area contributed by atoms with Gasteiger partial charge in [-0.25, -0.2) is 12.7 Å². The van der Waals surface area contributed by atoms with Crippen molar-refractivity contribution in [3.63, 3.8) is 0 Å². The Hall–Kier alpha value is -2.58. The smallest absolute Gasteiger partial charge is 0.268 e. The van der Waals surface area contributed by atoms with Crippen LogP contribution in [-0.4, -0.2) is 52.5 Å². The van der Waals surface area contributed by atoms with Gasteiger partial charge in [0.25, 0.3) is 5.91 Å². The lowest BCUT2D eigenvalue weighted by atomic mass is 10.1. The van der Waals surface area contributed by atoms with Crippen molar-refractivity contribution in [1.29, 1.82) is 0 Å². The number of sulfonamides is 1. The zero-order valence-corrected chi connectivity index (χ0v) is 17.9. The number of hydrogen-bond acceptors (Lipinski definition) is 5. The molecule has 156 valence electrons. The van der Waals surface area contributed by atoms with Gasteiger partial charge in [0.2, 0.25) is 10.0 Å². The highest BCUT2D eigenvalue weighted by Crippen LogP contribution is 2.32. The molecule has 1 heterocycles. The van der Waals surface area contributed by atoms with Crippen LogP contribution in [0.15, 0.2) is 47.4 Å². The molecule has 0 fully saturated rings. The Balaban J connectivity index is 1.80. The van der Waals surface area contributed by atoms with Crippen LogP contribution in [0.2, 0.25) is 0 Å². The molecule has 1 atom stereocenters. The third kappa shape index (κ3) is 4.23. The highest BCUT2D eigenvalue weighted by Gasteiger charge is 2.32. The van der Waals surface area contributed by atoms with E-state index >= 15 is 0 Å². The molecular formula is C21H26N2O5S. The van der Waals surface area contributed by atoms with Crippen LogP contribution in [0, 0.1) is 0 Å². The fourth-order valence-corrected chi connectivity index (χ4v) is 4.23.